The van der Waals surface area contributed by atoms with E-state index in [0.29, 0.717) is 10.9 Å². The summed E-state index contributed by atoms with van der Waals surface area (Å²) in [4.78, 5) is 25.8. The molecule has 20 heavy (non-hydrogen) atoms. The van der Waals surface area contributed by atoms with Crippen LogP contribution in [0.25, 0.3) is 6.08 Å². The minimum atomic E-state index is -0.190. The molecule has 108 valence electrons. The predicted octanol–water partition coefficient (Wildman–Crippen LogP) is 3.82. The topological polar surface area (TPSA) is 42.3 Å². The number of hydrogen-bond donors (Lipinski definition) is 0. The lowest BCUT2D eigenvalue weighted by Gasteiger charge is -2.16. The van der Waals surface area contributed by atoms with Crippen molar-refractivity contribution in [2.75, 3.05) is 0 Å². The van der Waals surface area contributed by atoms with Gasteiger partial charge < -0.3 is 4.57 Å². The summed E-state index contributed by atoms with van der Waals surface area (Å²) in [6, 6.07) is 2.31. The number of nitrogens with zero attached hydrogens (tertiary/aromatic N) is 2. The van der Waals surface area contributed by atoms with Crippen molar-refractivity contribution in [3.8, 4) is 0 Å². The average molecular weight is 292 g/mol. The molecule has 1 aliphatic heterocycles. The monoisotopic (exact) mass is 292 g/mol. The van der Waals surface area contributed by atoms with E-state index >= 15 is 0 Å². The zero-order valence-electron chi connectivity index (χ0n) is 12.5. The maximum absolute atomic E-state index is 12.2. The van der Waals surface area contributed by atoms with Gasteiger partial charge in [0.2, 0.25) is 0 Å². The minimum Gasteiger partial charge on any atom is -0.349 e. The molecule has 2 amide bonds. The van der Waals surface area contributed by atoms with E-state index in [1.165, 1.54) is 4.90 Å². The fraction of sp³-hybridized carbons (Fsp3) is 0.467. The fourth-order valence-corrected chi connectivity index (χ4v) is 3.29. The summed E-state index contributed by atoms with van der Waals surface area (Å²) >= 11 is 1.02. The van der Waals surface area contributed by atoms with E-state index in [4.69, 9.17) is 0 Å². The first kappa shape index (κ1) is 14.9. The highest BCUT2D eigenvalue weighted by atomic mass is 32.2. The Labute approximate surface area is 123 Å². The van der Waals surface area contributed by atoms with E-state index in [1.54, 1.807) is 6.08 Å². The summed E-state index contributed by atoms with van der Waals surface area (Å²) in [6.07, 6.45) is 3.82. The van der Waals surface area contributed by atoms with Gasteiger partial charge in [-0.15, -0.1) is 0 Å². The van der Waals surface area contributed by atoms with Crippen LogP contribution in [-0.4, -0.2) is 26.7 Å². The summed E-state index contributed by atoms with van der Waals surface area (Å²) in [5.74, 6) is -0.190. The fourth-order valence-electron chi connectivity index (χ4n) is 2.33. The predicted molar refractivity (Wildman–Crippen MR) is 82.5 cm³/mol. The lowest BCUT2D eigenvalue weighted by atomic mass is 10.2. The number of aromatic nitrogens is 1. The summed E-state index contributed by atoms with van der Waals surface area (Å²) in [7, 11) is 0. The molecule has 2 rings (SSSR count). The average Bonchev–Trinajstić information content (AvgIpc) is 2.81. The molecule has 0 saturated carbocycles. The van der Waals surface area contributed by atoms with Gasteiger partial charge in [0.25, 0.3) is 11.1 Å². The molecule has 0 aromatic carbocycles. The van der Waals surface area contributed by atoms with Crippen LogP contribution in [0.15, 0.2) is 17.2 Å². The van der Waals surface area contributed by atoms with Crippen molar-refractivity contribution in [2.45, 2.75) is 46.7 Å². The Hall–Kier alpha value is -1.49. The normalized spacial score (nSPS) is 18.1. The maximum Gasteiger partial charge on any atom is 0.293 e. The minimum absolute atomic E-state index is 0.101. The number of thioether (sulfide) groups is 1. The number of amides is 2. The second kappa shape index (κ2) is 5.48. The van der Waals surface area contributed by atoms with Crippen LogP contribution in [0.4, 0.5) is 4.79 Å². The van der Waals surface area contributed by atoms with Crippen molar-refractivity contribution >= 4 is 29.0 Å². The Bertz CT molecular complexity index is 585. The van der Waals surface area contributed by atoms with Crippen LogP contribution in [0.2, 0.25) is 0 Å². The second-order valence-electron chi connectivity index (χ2n) is 5.56. The first-order chi connectivity index (χ1) is 9.31. The van der Waals surface area contributed by atoms with Crippen LogP contribution < -0.4 is 0 Å². The summed E-state index contributed by atoms with van der Waals surface area (Å²) < 4.78 is 2.15. The zero-order chi connectivity index (χ0) is 15.0. The van der Waals surface area contributed by atoms with Gasteiger partial charge in [-0.1, -0.05) is 0 Å². The molecule has 0 radical (unpaired) electrons. The van der Waals surface area contributed by atoms with Crippen LogP contribution in [-0.2, 0) is 4.79 Å². The third-order valence-electron chi connectivity index (χ3n) is 3.27. The zero-order valence-corrected chi connectivity index (χ0v) is 13.3. The second-order valence-corrected chi connectivity index (χ2v) is 6.55. The van der Waals surface area contributed by atoms with Crippen LogP contribution >= 0.6 is 11.8 Å². The smallest absolute Gasteiger partial charge is 0.293 e. The molecule has 0 aliphatic carbocycles. The van der Waals surface area contributed by atoms with Gasteiger partial charge in [0, 0.05) is 24.0 Å². The lowest BCUT2D eigenvalue weighted by molar-refractivity contribution is -0.123. The van der Waals surface area contributed by atoms with Crippen LogP contribution in [0.1, 0.15) is 45.0 Å². The summed E-state index contributed by atoms with van der Waals surface area (Å²) in [5, 5.41) is -0.184. The van der Waals surface area contributed by atoms with Crippen LogP contribution in [0, 0.1) is 6.92 Å². The number of imide groups is 1. The third-order valence-corrected chi connectivity index (χ3v) is 4.15. The van der Waals surface area contributed by atoms with Gasteiger partial charge in [-0.2, -0.15) is 0 Å². The van der Waals surface area contributed by atoms with Gasteiger partial charge in [0.15, 0.2) is 0 Å². The molecule has 1 aliphatic rings. The van der Waals surface area contributed by atoms with Gasteiger partial charge in [-0.3, -0.25) is 14.5 Å². The molecule has 4 nitrogen and oxygen atoms in total. The Morgan fingerprint density at radius 3 is 2.25 bits per heavy atom. The molecular weight excluding hydrogens is 272 g/mol. The summed E-state index contributed by atoms with van der Waals surface area (Å²) in [6.45, 7) is 9.96. The molecule has 1 saturated heterocycles. The highest BCUT2D eigenvalue weighted by molar-refractivity contribution is 8.18. The van der Waals surface area contributed by atoms with E-state index in [9.17, 15) is 9.59 Å². The first-order valence-electron chi connectivity index (χ1n) is 6.76. The summed E-state index contributed by atoms with van der Waals surface area (Å²) in [5.41, 5.74) is 2.11. The molecule has 0 spiro atoms. The molecule has 1 aromatic heterocycles. The Morgan fingerprint density at radius 1 is 1.15 bits per heavy atom. The highest BCUT2D eigenvalue weighted by Gasteiger charge is 2.36. The quantitative estimate of drug-likeness (QED) is 0.795. The molecule has 0 atom stereocenters. The van der Waals surface area contributed by atoms with E-state index in [0.717, 1.165) is 23.0 Å². The van der Waals surface area contributed by atoms with Gasteiger partial charge in [-0.05, 0) is 64.1 Å². The first-order valence-corrected chi connectivity index (χ1v) is 7.58. The Kier molecular flexibility index (Phi) is 4.09. The molecule has 0 unspecified atom stereocenters. The molecule has 1 aromatic rings. The number of carbonyl (C=O) groups excluding carboxylic acids is 2. The number of rotatable bonds is 3. The largest absolute Gasteiger partial charge is 0.349 e. The highest BCUT2D eigenvalue weighted by Crippen LogP contribution is 2.33. The molecule has 0 N–H and O–H groups in total. The van der Waals surface area contributed by atoms with Crippen molar-refractivity contribution in [1.29, 1.82) is 0 Å². The van der Waals surface area contributed by atoms with Crippen LogP contribution in [0.3, 0.4) is 0 Å². The van der Waals surface area contributed by atoms with Crippen molar-refractivity contribution < 1.29 is 9.59 Å². The SMILES string of the molecule is Cc1cc(/C=C2/SC(=O)N(C(C)C)C2=O)cn1C(C)C. The molecular formula is C15H20N2O2S. The lowest BCUT2D eigenvalue weighted by Crippen LogP contribution is -2.34. The molecule has 5 heteroatoms. The van der Waals surface area contributed by atoms with Crippen LogP contribution in [0.5, 0.6) is 0 Å². The molecule has 2 heterocycles. The van der Waals surface area contributed by atoms with E-state index in [1.807, 2.05) is 33.0 Å². The maximum atomic E-state index is 12.2. The Balaban J connectivity index is 2.31. The van der Waals surface area contributed by atoms with E-state index in [-0.39, 0.29) is 17.2 Å². The van der Waals surface area contributed by atoms with Gasteiger partial charge >= 0.3 is 0 Å². The standard InChI is InChI=1S/C15H20N2O2S/c1-9(2)16-8-12(6-11(16)5)7-13-14(18)17(10(3)4)15(19)20-13/h6-10H,1-5H3/b13-7+. The van der Waals surface area contributed by atoms with Crippen molar-refractivity contribution in [3.63, 3.8) is 0 Å². The van der Waals surface area contributed by atoms with Crippen molar-refractivity contribution in [3.05, 3.63) is 28.4 Å². The van der Waals surface area contributed by atoms with Crippen molar-refractivity contribution in [1.82, 2.24) is 9.47 Å². The number of aryl methyl sites for hydroxylation is 1. The van der Waals surface area contributed by atoms with Gasteiger partial charge in [0.05, 0.1) is 4.91 Å². The van der Waals surface area contributed by atoms with Gasteiger partial charge in [0.1, 0.15) is 0 Å². The van der Waals surface area contributed by atoms with Crippen molar-refractivity contribution in [2.24, 2.45) is 0 Å². The van der Waals surface area contributed by atoms with E-state index in [2.05, 4.69) is 18.4 Å². The molecule has 0 bridgehead atoms. The molecule has 1 fully saturated rings. The third kappa shape index (κ3) is 2.68. The number of hydrogen-bond acceptors (Lipinski definition) is 3. The van der Waals surface area contributed by atoms with E-state index < -0.39 is 0 Å². The van der Waals surface area contributed by atoms with Gasteiger partial charge in [-0.25, -0.2) is 0 Å². The number of carbonyl (C=O) groups is 2. The Morgan fingerprint density at radius 2 is 1.80 bits per heavy atom.